The molecule has 0 saturated heterocycles. The van der Waals surface area contributed by atoms with Crippen LogP contribution in [0.3, 0.4) is 0 Å². The topological polar surface area (TPSA) is 15.3 Å². The molecule has 0 heterocycles. The number of likely N-dealkylation sites (N-methyl/N-ethyl adjacent to an activating group) is 1. The Morgan fingerprint density at radius 1 is 1.14 bits per heavy atom. The first-order valence-corrected chi connectivity index (χ1v) is 6.20. The van der Waals surface area contributed by atoms with E-state index in [1.165, 1.54) is 38.9 Å². The Kier molecular flexibility index (Phi) is 9.42. The number of rotatable bonds is 9. The molecule has 0 spiro atoms. The van der Waals surface area contributed by atoms with E-state index in [0.717, 1.165) is 6.54 Å². The first-order chi connectivity index (χ1) is 6.76. The third-order valence-electron chi connectivity index (χ3n) is 2.69. The minimum absolute atomic E-state index is 0.678. The number of nitrogens with zero attached hydrogens (tertiary/aromatic N) is 1. The number of hydrogen-bond acceptors (Lipinski definition) is 2. The molecule has 0 saturated carbocycles. The molecular weight excluding hydrogens is 172 g/mol. The van der Waals surface area contributed by atoms with Gasteiger partial charge in [-0.3, -0.25) is 4.90 Å². The zero-order valence-electron chi connectivity index (χ0n) is 10.5. The Balaban J connectivity index is 3.52. The summed E-state index contributed by atoms with van der Waals surface area (Å²) in [5, 5.41) is 3.52. The summed E-state index contributed by atoms with van der Waals surface area (Å²) < 4.78 is 0. The van der Waals surface area contributed by atoms with Crippen LogP contribution in [0.5, 0.6) is 0 Å². The van der Waals surface area contributed by atoms with Gasteiger partial charge in [0.15, 0.2) is 0 Å². The maximum atomic E-state index is 3.52. The third-order valence-corrected chi connectivity index (χ3v) is 2.69. The number of unbranched alkanes of at least 4 members (excludes halogenated alkanes) is 1. The molecule has 1 N–H and O–H groups in total. The van der Waals surface area contributed by atoms with E-state index in [0.29, 0.717) is 6.04 Å². The van der Waals surface area contributed by atoms with E-state index < -0.39 is 0 Å². The van der Waals surface area contributed by atoms with E-state index in [1.807, 2.05) is 0 Å². The van der Waals surface area contributed by atoms with Gasteiger partial charge in [-0.1, -0.05) is 27.2 Å². The lowest BCUT2D eigenvalue weighted by molar-refractivity contribution is 0.215. The predicted molar refractivity (Wildman–Crippen MR) is 64.8 cm³/mol. The third kappa shape index (κ3) is 6.39. The van der Waals surface area contributed by atoms with E-state index in [4.69, 9.17) is 0 Å². The lowest BCUT2D eigenvalue weighted by Gasteiger charge is -2.27. The van der Waals surface area contributed by atoms with Gasteiger partial charge in [-0.15, -0.1) is 0 Å². The van der Waals surface area contributed by atoms with Gasteiger partial charge in [0.2, 0.25) is 0 Å². The quantitative estimate of drug-likeness (QED) is 0.575. The average molecular weight is 200 g/mol. The van der Waals surface area contributed by atoms with E-state index >= 15 is 0 Å². The highest BCUT2D eigenvalue weighted by Gasteiger charge is 2.09. The van der Waals surface area contributed by atoms with Gasteiger partial charge < -0.3 is 5.32 Å². The summed E-state index contributed by atoms with van der Waals surface area (Å²) in [7, 11) is 0. The highest BCUT2D eigenvalue weighted by molar-refractivity contribution is 4.67. The molecular formula is C12H28N2. The van der Waals surface area contributed by atoms with Crippen molar-refractivity contribution in [3.8, 4) is 0 Å². The van der Waals surface area contributed by atoms with Gasteiger partial charge in [0.25, 0.3) is 0 Å². The lowest BCUT2D eigenvalue weighted by atomic mass is 10.2. The first kappa shape index (κ1) is 13.9. The highest BCUT2D eigenvalue weighted by Crippen LogP contribution is 1.98. The average Bonchev–Trinajstić information content (AvgIpc) is 2.20. The molecule has 0 radical (unpaired) electrons. The highest BCUT2D eigenvalue weighted by atomic mass is 15.2. The van der Waals surface area contributed by atoms with Crippen LogP contribution in [0.4, 0.5) is 0 Å². The van der Waals surface area contributed by atoms with Crippen LogP contribution >= 0.6 is 0 Å². The van der Waals surface area contributed by atoms with Crippen LogP contribution in [0.2, 0.25) is 0 Å². The van der Waals surface area contributed by atoms with E-state index in [2.05, 4.69) is 37.9 Å². The van der Waals surface area contributed by atoms with Crippen molar-refractivity contribution < 1.29 is 0 Å². The molecule has 1 atom stereocenters. The second-order valence-electron chi connectivity index (χ2n) is 4.04. The molecule has 2 heteroatoms. The van der Waals surface area contributed by atoms with Crippen molar-refractivity contribution in [2.45, 2.75) is 53.0 Å². The van der Waals surface area contributed by atoms with Crippen LogP contribution in [0, 0.1) is 0 Å². The summed E-state index contributed by atoms with van der Waals surface area (Å²) in [4.78, 5) is 2.54. The van der Waals surface area contributed by atoms with Crippen molar-refractivity contribution in [2.24, 2.45) is 0 Å². The fourth-order valence-electron chi connectivity index (χ4n) is 1.72. The van der Waals surface area contributed by atoms with Crippen LogP contribution in [0.25, 0.3) is 0 Å². The monoisotopic (exact) mass is 200 g/mol. The van der Waals surface area contributed by atoms with Crippen LogP contribution < -0.4 is 5.32 Å². The maximum Gasteiger partial charge on any atom is 0.0192 e. The molecule has 0 aliphatic rings. The summed E-state index contributed by atoms with van der Waals surface area (Å²) in [6.07, 6.45) is 3.84. The molecule has 14 heavy (non-hydrogen) atoms. The van der Waals surface area contributed by atoms with Crippen molar-refractivity contribution in [3.63, 3.8) is 0 Å². The summed E-state index contributed by atoms with van der Waals surface area (Å²) in [5.41, 5.74) is 0. The zero-order chi connectivity index (χ0) is 10.8. The molecule has 0 rings (SSSR count). The van der Waals surface area contributed by atoms with Gasteiger partial charge in [-0.2, -0.15) is 0 Å². The molecule has 0 aliphatic carbocycles. The minimum atomic E-state index is 0.678. The van der Waals surface area contributed by atoms with Crippen LogP contribution in [-0.4, -0.2) is 37.1 Å². The fraction of sp³-hybridized carbons (Fsp3) is 1.00. The van der Waals surface area contributed by atoms with Crippen molar-refractivity contribution in [3.05, 3.63) is 0 Å². The second-order valence-corrected chi connectivity index (χ2v) is 4.04. The van der Waals surface area contributed by atoms with Gasteiger partial charge in [0.05, 0.1) is 0 Å². The Labute approximate surface area is 90.1 Å². The molecule has 1 unspecified atom stereocenters. The Morgan fingerprint density at radius 2 is 1.86 bits per heavy atom. The Morgan fingerprint density at radius 3 is 2.36 bits per heavy atom. The molecule has 86 valence electrons. The predicted octanol–water partition coefficient (Wildman–Crippen LogP) is 2.50. The smallest absolute Gasteiger partial charge is 0.0192 e. The standard InChI is InChI=1S/C12H28N2/c1-5-8-9-13-11-12(4)14(7-3)10-6-2/h12-13H,5-11H2,1-4H3. The molecule has 2 nitrogen and oxygen atoms in total. The normalized spacial score (nSPS) is 13.5. The largest absolute Gasteiger partial charge is 0.315 e. The molecule has 0 aliphatic heterocycles. The maximum absolute atomic E-state index is 3.52. The molecule has 0 aromatic heterocycles. The van der Waals surface area contributed by atoms with Gasteiger partial charge in [0, 0.05) is 12.6 Å². The minimum Gasteiger partial charge on any atom is -0.315 e. The van der Waals surface area contributed by atoms with Crippen molar-refractivity contribution in [2.75, 3.05) is 26.2 Å². The lowest BCUT2D eigenvalue weighted by Crippen LogP contribution is -2.40. The second kappa shape index (κ2) is 9.47. The molecule has 0 fully saturated rings. The van der Waals surface area contributed by atoms with Gasteiger partial charge >= 0.3 is 0 Å². The fourth-order valence-corrected chi connectivity index (χ4v) is 1.72. The SMILES string of the molecule is CCCCNCC(C)N(CC)CCC. The van der Waals surface area contributed by atoms with E-state index in [9.17, 15) is 0 Å². The summed E-state index contributed by atoms with van der Waals surface area (Å²) in [5.74, 6) is 0. The van der Waals surface area contributed by atoms with Crippen molar-refractivity contribution >= 4 is 0 Å². The number of hydrogen-bond donors (Lipinski definition) is 1. The Bertz CT molecular complexity index is 115. The number of nitrogens with one attached hydrogen (secondary N) is 1. The van der Waals surface area contributed by atoms with Crippen molar-refractivity contribution in [1.82, 2.24) is 10.2 Å². The van der Waals surface area contributed by atoms with Gasteiger partial charge in [0.1, 0.15) is 0 Å². The summed E-state index contributed by atoms with van der Waals surface area (Å²) in [6.45, 7) is 13.8. The molecule has 0 aromatic carbocycles. The van der Waals surface area contributed by atoms with E-state index in [-0.39, 0.29) is 0 Å². The first-order valence-electron chi connectivity index (χ1n) is 6.20. The summed E-state index contributed by atoms with van der Waals surface area (Å²) in [6, 6.07) is 0.678. The van der Waals surface area contributed by atoms with E-state index in [1.54, 1.807) is 0 Å². The Hall–Kier alpha value is -0.0800. The molecule has 0 aromatic rings. The molecule has 0 bridgehead atoms. The van der Waals surface area contributed by atoms with Crippen LogP contribution in [0.15, 0.2) is 0 Å². The van der Waals surface area contributed by atoms with Crippen molar-refractivity contribution in [1.29, 1.82) is 0 Å². The zero-order valence-corrected chi connectivity index (χ0v) is 10.5. The van der Waals surface area contributed by atoms with Gasteiger partial charge in [-0.25, -0.2) is 0 Å². The molecule has 0 amide bonds. The van der Waals surface area contributed by atoms with Gasteiger partial charge in [-0.05, 0) is 39.4 Å². The van der Waals surface area contributed by atoms with Crippen LogP contribution in [0.1, 0.15) is 47.0 Å². The van der Waals surface area contributed by atoms with Crippen LogP contribution in [-0.2, 0) is 0 Å². The summed E-state index contributed by atoms with van der Waals surface area (Å²) >= 11 is 0.